The molecule has 3 aromatic heterocycles. The van der Waals surface area contributed by atoms with E-state index in [1.807, 2.05) is 17.5 Å². The van der Waals surface area contributed by atoms with Crippen molar-refractivity contribution in [2.45, 2.75) is 6.54 Å². The molecule has 0 spiro atoms. The molecule has 0 bridgehead atoms. The van der Waals surface area contributed by atoms with Crippen molar-refractivity contribution < 1.29 is 4.79 Å². The van der Waals surface area contributed by atoms with Gasteiger partial charge in [-0.2, -0.15) is 10.2 Å². The average molecular weight is 453 g/mol. The van der Waals surface area contributed by atoms with Gasteiger partial charge in [-0.1, -0.05) is 46.9 Å². The average Bonchev–Trinajstić information content (AvgIpc) is 3.40. The summed E-state index contributed by atoms with van der Waals surface area (Å²) in [5, 5.41) is 17.2. The number of nitrogens with one attached hydrogen (secondary N) is 2. The molecule has 2 N–H and O–H groups in total. The van der Waals surface area contributed by atoms with Crippen LogP contribution in [-0.2, 0) is 6.54 Å². The number of aromatic nitrogens is 4. The predicted molar refractivity (Wildman–Crippen MR) is 113 cm³/mol. The maximum atomic E-state index is 12.5. The first-order valence-electron chi connectivity index (χ1n) is 8.08. The van der Waals surface area contributed by atoms with Gasteiger partial charge in [0.1, 0.15) is 5.02 Å². The number of halogens is 3. The van der Waals surface area contributed by atoms with Crippen molar-refractivity contribution >= 4 is 57.9 Å². The Kier molecular flexibility index (Phi) is 5.41. The van der Waals surface area contributed by atoms with Crippen LogP contribution in [0.15, 0.2) is 48.0 Å². The molecule has 0 saturated heterocycles. The highest BCUT2D eigenvalue weighted by Gasteiger charge is 2.17. The van der Waals surface area contributed by atoms with Crippen LogP contribution >= 0.6 is 46.1 Å². The molecule has 4 rings (SSSR count). The molecule has 6 nitrogen and oxygen atoms in total. The van der Waals surface area contributed by atoms with E-state index in [0.29, 0.717) is 21.6 Å². The fourth-order valence-corrected chi connectivity index (χ4v) is 3.98. The van der Waals surface area contributed by atoms with E-state index in [1.54, 1.807) is 46.5 Å². The van der Waals surface area contributed by atoms with Crippen LogP contribution in [0.1, 0.15) is 16.1 Å². The first kappa shape index (κ1) is 19.0. The van der Waals surface area contributed by atoms with Gasteiger partial charge in [0, 0.05) is 21.8 Å². The highest BCUT2D eigenvalue weighted by Crippen LogP contribution is 2.27. The normalized spacial score (nSPS) is 11.0. The summed E-state index contributed by atoms with van der Waals surface area (Å²) in [7, 11) is 0. The zero-order chi connectivity index (χ0) is 19.7. The summed E-state index contributed by atoms with van der Waals surface area (Å²) in [4.78, 5) is 13.5. The highest BCUT2D eigenvalue weighted by molar-refractivity contribution is 7.13. The van der Waals surface area contributed by atoms with Gasteiger partial charge in [0.15, 0.2) is 11.5 Å². The van der Waals surface area contributed by atoms with Crippen molar-refractivity contribution in [3.05, 3.63) is 74.3 Å². The minimum absolute atomic E-state index is 0.232. The van der Waals surface area contributed by atoms with Crippen molar-refractivity contribution in [3.63, 3.8) is 0 Å². The Morgan fingerprint density at radius 1 is 1.14 bits per heavy atom. The summed E-state index contributed by atoms with van der Waals surface area (Å²) in [6.07, 6.45) is 1.60. The molecule has 28 heavy (non-hydrogen) atoms. The second kappa shape index (κ2) is 7.97. The zero-order valence-electron chi connectivity index (χ0n) is 14.1. The molecule has 1 amide bonds. The van der Waals surface area contributed by atoms with E-state index < -0.39 is 5.91 Å². The van der Waals surface area contributed by atoms with Crippen LogP contribution in [0.25, 0.3) is 10.6 Å². The van der Waals surface area contributed by atoms with Crippen molar-refractivity contribution in [3.8, 4) is 10.6 Å². The molecule has 0 unspecified atom stereocenters. The monoisotopic (exact) mass is 451 g/mol. The molecule has 3 heterocycles. The van der Waals surface area contributed by atoms with Crippen molar-refractivity contribution in [2.75, 3.05) is 5.32 Å². The summed E-state index contributed by atoms with van der Waals surface area (Å²) in [5.74, 6) is -0.183. The van der Waals surface area contributed by atoms with Gasteiger partial charge in [-0.3, -0.25) is 14.6 Å². The number of amides is 1. The number of rotatable bonds is 5. The summed E-state index contributed by atoms with van der Waals surface area (Å²) >= 11 is 20.2. The number of carbonyl (C=O) groups excluding carboxylic acids is 1. The van der Waals surface area contributed by atoms with Gasteiger partial charge in [0.2, 0.25) is 0 Å². The summed E-state index contributed by atoms with van der Waals surface area (Å²) in [6, 6.07) is 10.8. The van der Waals surface area contributed by atoms with Crippen LogP contribution in [0, 0.1) is 0 Å². The molecule has 142 valence electrons. The van der Waals surface area contributed by atoms with E-state index in [9.17, 15) is 4.79 Å². The third-order valence-electron chi connectivity index (χ3n) is 3.93. The Labute approximate surface area is 179 Å². The number of aromatic amines is 1. The standard InChI is InChI=1S/C18H12Cl3N5OS/c19-11-3-1-4-12(20)10(11)8-26-9-13(21)17(25-26)22-18(27)15-7-14(23-24-15)16-5-2-6-28-16/h1-7,9H,8H2,(H,23,24)(H,22,25,27). The Hall–Kier alpha value is -2.32. The molecule has 0 aliphatic carbocycles. The lowest BCUT2D eigenvalue weighted by Gasteiger charge is -2.06. The van der Waals surface area contributed by atoms with Gasteiger partial charge in [0.05, 0.1) is 17.1 Å². The zero-order valence-corrected chi connectivity index (χ0v) is 17.2. The molecule has 10 heteroatoms. The van der Waals surface area contributed by atoms with Gasteiger partial charge in [-0.15, -0.1) is 11.3 Å². The Bertz CT molecular complexity index is 1120. The fraction of sp³-hybridized carbons (Fsp3) is 0.0556. The lowest BCUT2D eigenvalue weighted by Crippen LogP contribution is -2.13. The molecule has 4 aromatic rings. The fourth-order valence-electron chi connectivity index (χ4n) is 2.58. The minimum Gasteiger partial charge on any atom is -0.302 e. The predicted octanol–water partition coefficient (Wildman–Crippen LogP) is 5.60. The molecule has 0 atom stereocenters. The quantitative estimate of drug-likeness (QED) is 0.414. The van der Waals surface area contributed by atoms with E-state index >= 15 is 0 Å². The topological polar surface area (TPSA) is 75.6 Å². The minimum atomic E-state index is -0.415. The van der Waals surface area contributed by atoms with Crippen molar-refractivity contribution in [2.24, 2.45) is 0 Å². The van der Waals surface area contributed by atoms with Crippen LogP contribution < -0.4 is 5.32 Å². The Morgan fingerprint density at radius 3 is 2.64 bits per heavy atom. The molecule has 1 aromatic carbocycles. The molecule has 0 saturated carbocycles. The molecule has 0 aliphatic heterocycles. The maximum Gasteiger partial charge on any atom is 0.277 e. The number of carbonyl (C=O) groups is 1. The van der Waals surface area contributed by atoms with Crippen LogP contribution in [0.5, 0.6) is 0 Å². The van der Waals surface area contributed by atoms with E-state index in [-0.39, 0.29) is 11.5 Å². The Morgan fingerprint density at radius 2 is 1.93 bits per heavy atom. The van der Waals surface area contributed by atoms with Gasteiger partial charge in [-0.25, -0.2) is 0 Å². The van der Waals surface area contributed by atoms with Gasteiger partial charge < -0.3 is 5.32 Å². The maximum absolute atomic E-state index is 12.5. The van der Waals surface area contributed by atoms with E-state index in [2.05, 4.69) is 20.6 Å². The highest BCUT2D eigenvalue weighted by atomic mass is 35.5. The number of H-pyrrole nitrogens is 1. The number of benzene rings is 1. The van der Waals surface area contributed by atoms with Gasteiger partial charge in [0.25, 0.3) is 5.91 Å². The number of anilines is 1. The third-order valence-corrected chi connectivity index (χ3v) is 5.82. The summed E-state index contributed by atoms with van der Waals surface area (Å²) in [5.41, 5.74) is 1.73. The molecular weight excluding hydrogens is 441 g/mol. The molecule has 0 radical (unpaired) electrons. The second-order valence-electron chi connectivity index (χ2n) is 5.82. The van der Waals surface area contributed by atoms with E-state index in [1.165, 1.54) is 0 Å². The first-order valence-corrected chi connectivity index (χ1v) is 10.1. The number of nitrogens with zero attached hydrogens (tertiary/aromatic N) is 3. The SMILES string of the molecule is O=C(Nc1nn(Cc2c(Cl)cccc2Cl)cc1Cl)c1cc(-c2cccs2)[nH]n1. The van der Waals surface area contributed by atoms with Crippen LogP contribution in [0.2, 0.25) is 15.1 Å². The third kappa shape index (κ3) is 3.93. The van der Waals surface area contributed by atoms with Crippen molar-refractivity contribution in [1.82, 2.24) is 20.0 Å². The second-order valence-corrected chi connectivity index (χ2v) is 7.99. The number of thiophene rings is 1. The molecule has 0 fully saturated rings. The van der Waals surface area contributed by atoms with E-state index in [0.717, 1.165) is 16.1 Å². The lowest BCUT2D eigenvalue weighted by molar-refractivity contribution is 0.102. The Balaban J connectivity index is 1.50. The van der Waals surface area contributed by atoms with Crippen molar-refractivity contribution in [1.29, 1.82) is 0 Å². The van der Waals surface area contributed by atoms with E-state index in [4.69, 9.17) is 34.8 Å². The van der Waals surface area contributed by atoms with Crippen LogP contribution in [0.3, 0.4) is 0 Å². The van der Waals surface area contributed by atoms with Crippen LogP contribution in [-0.4, -0.2) is 25.9 Å². The lowest BCUT2D eigenvalue weighted by atomic mass is 10.2. The first-order chi connectivity index (χ1) is 13.5. The van der Waals surface area contributed by atoms with Crippen LogP contribution in [0.4, 0.5) is 5.82 Å². The van der Waals surface area contributed by atoms with Gasteiger partial charge in [-0.05, 0) is 29.6 Å². The number of hydrogen-bond acceptors (Lipinski definition) is 4. The number of hydrogen-bond donors (Lipinski definition) is 2. The smallest absolute Gasteiger partial charge is 0.277 e. The summed E-state index contributed by atoms with van der Waals surface area (Å²) < 4.78 is 1.56. The van der Waals surface area contributed by atoms with Gasteiger partial charge >= 0.3 is 0 Å². The molecular formula is C18H12Cl3N5OS. The molecule has 0 aliphatic rings. The largest absolute Gasteiger partial charge is 0.302 e. The summed E-state index contributed by atoms with van der Waals surface area (Å²) in [6.45, 7) is 0.318.